The van der Waals surface area contributed by atoms with E-state index in [0.29, 0.717) is 45.2 Å². The maximum Gasteiger partial charge on any atom is 0.253 e. The van der Waals surface area contributed by atoms with Crippen LogP contribution in [0, 0.1) is 12.8 Å². The lowest BCUT2D eigenvalue weighted by Crippen LogP contribution is -2.32. The van der Waals surface area contributed by atoms with E-state index in [0.717, 1.165) is 5.56 Å². The molecule has 0 fully saturated rings. The SMILES string of the molecule is C=CCn1c(SCC(=O)Nc2ccc(Cl)cc2C)nnc1[C@@H](CC(C)C)NC(=O)c1ccccc1Cl. The molecule has 36 heavy (non-hydrogen) atoms. The summed E-state index contributed by atoms with van der Waals surface area (Å²) < 4.78 is 1.87. The topological polar surface area (TPSA) is 88.9 Å². The van der Waals surface area contributed by atoms with Gasteiger partial charge >= 0.3 is 0 Å². The molecule has 0 bridgehead atoms. The highest BCUT2D eigenvalue weighted by Crippen LogP contribution is 2.27. The number of allylic oxidation sites excluding steroid dienone is 1. The third-order valence-corrected chi connectivity index (χ3v) is 6.83. The van der Waals surface area contributed by atoms with Gasteiger partial charge in [-0.15, -0.1) is 16.8 Å². The predicted molar refractivity (Wildman–Crippen MR) is 147 cm³/mol. The van der Waals surface area contributed by atoms with Gasteiger partial charge in [-0.1, -0.05) is 67.0 Å². The molecule has 1 atom stereocenters. The second-order valence-electron chi connectivity index (χ2n) is 8.67. The molecule has 0 unspecified atom stereocenters. The summed E-state index contributed by atoms with van der Waals surface area (Å²) in [6.07, 6.45) is 2.38. The molecule has 3 aromatic rings. The van der Waals surface area contributed by atoms with Crippen molar-refractivity contribution < 1.29 is 9.59 Å². The molecule has 0 aliphatic heterocycles. The van der Waals surface area contributed by atoms with Crippen LogP contribution in [0.15, 0.2) is 60.3 Å². The van der Waals surface area contributed by atoms with E-state index in [1.54, 1.807) is 48.5 Å². The van der Waals surface area contributed by atoms with Crippen LogP contribution in [0.25, 0.3) is 0 Å². The maximum atomic E-state index is 13.0. The quantitative estimate of drug-likeness (QED) is 0.217. The molecule has 10 heteroatoms. The summed E-state index contributed by atoms with van der Waals surface area (Å²) in [6, 6.07) is 11.8. The minimum atomic E-state index is -0.402. The Bertz CT molecular complexity index is 1240. The van der Waals surface area contributed by atoms with Gasteiger partial charge in [0.15, 0.2) is 11.0 Å². The second-order valence-corrected chi connectivity index (χ2v) is 10.5. The molecule has 0 saturated heterocycles. The number of carbonyl (C=O) groups is 2. The molecule has 0 radical (unpaired) electrons. The summed E-state index contributed by atoms with van der Waals surface area (Å²) in [5, 5.41) is 16.2. The van der Waals surface area contributed by atoms with Crippen LogP contribution in [0.2, 0.25) is 10.0 Å². The number of nitrogens with zero attached hydrogens (tertiary/aromatic N) is 3. The van der Waals surface area contributed by atoms with Gasteiger partial charge in [-0.2, -0.15) is 0 Å². The average Bonchev–Trinajstić information content (AvgIpc) is 3.22. The molecule has 2 amide bonds. The van der Waals surface area contributed by atoms with E-state index in [1.807, 2.05) is 11.5 Å². The van der Waals surface area contributed by atoms with Gasteiger partial charge in [0.25, 0.3) is 5.91 Å². The number of hydrogen-bond donors (Lipinski definition) is 2. The molecular weight excluding hydrogens is 517 g/mol. The Morgan fingerprint density at radius 2 is 1.92 bits per heavy atom. The first-order chi connectivity index (χ1) is 17.2. The Balaban J connectivity index is 1.78. The van der Waals surface area contributed by atoms with Crippen LogP contribution in [0.1, 0.15) is 48.1 Å². The molecule has 2 N–H and O–H groups in total. The van der Waals surface area contributed by atoms with E-state index in [1.165, 1.54) is 11.8 Å². The molecule has 190 valence electrons. The number of benzene rings is 2. The Morgan fingerprint density at radius 1 is 1.17 bits per heavy atom. The number of hydrogen-bond acceptors (Lipinski definition) is 5. The van der Waals surface area contributed by atoms with Crippen LogP contribution in [-0.2, 0) is 11.3 Å². The minimum Gasteiger partial charge on any atom is -0.342 e. The highest BCUT2D eigenvalue weighted by Gasteiger charge is 2.25. The number of aromatic nitrogens is 3. The summed E-state index contributed by atoms with van der Waals surface area (Å²) >= 11 is 13.5. The highest BCUT2D eigenvalue weighted by atomic mass is 35.5. The van der Waals surface area contributed by atoms with E-state index in [-0.39, 0.29) is 23.5 Å². The predicted octanol–water partition coefficient (Wildman–Crippen LogP) is 6.33. The Labute approximate surface area is 225 Å². The minimum absolute atomic E-state index is 0.137. The van der Waals surface area contributed by atoms with Crippen LogP contribution in [-0.4, -0.2) is 32.3 Å². The number of halogens is 2. The third kappa shape index (κ3) is 7.35. The monoisotopic (exact) mass is 545 g/mol. The van der Waals surface area contributed by atoms with Crippen LogP contribution in [0.5, 0.6) is 0 Å². The number of amides is 2. The Morgan fingerprint density at radius 3 is 2.58 bits per heavy atom. The fraction of sp³-hybridized carbons (Fsp3) is 0.308. The first-order valence-electron chi connectivity index (χ1n) is 11.5. The van der Waals surface area contributed by atoms with E-state index in [9.17, 15) is 9.59 Å². The molecule has 0 aliphatic rings. The molecule has 1 aromatic heterocycles. The maximum absolute atomic E-state index is 13.0. The Hall–Kier alpha value is -2.81. The number of thioether (sulfide) groups is 1. The summed E-state index contributed by atoms with van der Waals surface area (Å²) in [5.41, 5.74) is 1.98. The van der Waals surface area contributed by atoms with Gasteiger partial charge in [0.2, 0.25) is 5.91 Å². The van der Waals surface area contributed by atoms with Crippen molar-refractivity contribution in [3.05, 3.63) is 82.1 Å². The second kappa shape index (κ2) is 12.9. The lowest BCUT2D eigenvalue weighted by molar-refractivity contribution is -0.113. The molecule has 0 aliphatic carbocycles. The fourth-order valence-corrected chi connectivity index (χ4v) is 4.83. The van der Waals surface area contributed by atoms with Gasteiger partial charge in [-0.05, 0) is 55.2 Å². The number of nitrogens with one attached hydrogen (secondary N) is 2. The average molecular weight is 547 g/mol. The van der Waals surface area contributed by atoms with Gasteiger partial charge in [-0.3, -0.25) is 9.59 Å². The summed E-state index contributed by atoms with van der Waals surface area (Å²) in [7, 11) is 0. The highest BCUT2D eigenvalue weighted by molar-refractivity contribution is 7.99. The van der Waals surface area contributed by atoms with Crippen molar-refractivity contribution in [3.63, 3.8) is 0 Å². The smallest absolute Gasteiger partial charge is 0.253 e. The Kier molecular flexibility index (Phi) is 9.98. The zero-order valence-electron chi connectivity index (χ0n) is 20.4. The molecule has 0 spiro atoms. The van der Waals surface area contributed by atoms with Gasteiger partial charge in [0.05, 0.1) is 22.4 Å². The molecule has 0 saturated carbocycles. The number of carbonyl (C=O) groups excluding carboxylic acids is 2. The number of anilines is 1. The third-order valence-electron chi connectivity index (χ3n) is 5.29. The van der Waals surface area contributed by atoms with Crippen LogP contribution >= 0.6 is 35.0 Å². The molecule has 7 nitrogen and oxygen atoms in total. The van der Waals surface area contributed by atoms with E-state index in [4.69, 9.17) is 23.2 Å². The standard InChI is InChI=1S/C26H29Cl2N5O2S/c1-5-12-33-24(22(13-16(2)3)30-25(35)19-8-6-7-9-20(19)28)31-32-26(33)36-15-23(34)29-21-11-10-18(27)14-17(21)4/h5-11,14,16,22H,1,12-13,15H2,2-4H3,(H,29,34)(H,30,35)/t22-/m1/s1. The van der Waals surface area contributed by atoms with Crippen molar-refractivity contribution in [2.75, 3.05) is 11.1 Å². The first-order valence-corrected chi connectivity index (χ1v) is 13.2. The van der Waals surface area contributed by atoms with Crippen molar-refractivity contribution in [2.45, 2.75) is 44.9 Å². The van der Waals surface area contributed by atoms with Crippen molar-refractivity contribution in [2.24, 2.45) is 5.92 Å². The summed E-state index contributed by atoms with van der Waals surface area (Å²) in [6.45, 7) is 10.3. The van der Waals surface area contributed by atoms with Gasteiger partial charge < -0.3 is 15.2 Å². The first kappa shape index (κ1) is 27.8. The fourth-order valence-electron chi connectivity index (χ4n) is 3.63. The molecule has 2 aromatic carbocycles. The summed E-state index contributed by atoms with van der Waals surface area (Å²) in [4.78, 5) is 25.6. The zero-order valence-corrected chi connectivity index (χ0v) is 22.8. The number of aryl methyl sites for hydroxylation is 1. The van der Waals surface area contributed by atoms with Gasteiger partial charge in [-0.25, -0.2) is 0 Å². The van der Waals surface area contributed by atoms with Crippen LogP contribution in [0.4, 0.5) is 5.69 Å². The van der Waals surface area contributed by atoms with E-state index < -0.39 is 6.04 Å². The normalized spacial score (nSPS) is 11.8. The zero-order chi connectivity index (χ0) is 26.2. The van der Waals surface area contributed by atoms with Gasteiger partial charge in [0.1, 0.15) is 0 Å². The van der Waals surface area contributed by atoms with Crippen molar-refractivity contribution >= 4 is 52.5 Å². The van der Waals surface area contributed by atoms with E-state index >= 15 is 0 Å². The lowest BCUT2D eigenvalue weighted by atomic mass is 10.0. The lowest BCUT2D eigenvalue weighted by Gasteiger charge is -2.21. The van der Waals surface area contributed by atoms with E-state index in [2.05, 4.69) is 41.3 Å². The van der Waals surface area contributed by atoms with Crippen molar-refractivity contribution in [1.82, 2.24) is 20.1 Å². The van der Waals surface area contributed by atoms with Crippen molar-refractivity contribution in [3.8, 4) is 0 Å². The molecular formula is C26H29Cl2N5O2S. The molecule has 1 heterocycles. The number of rotatable bonds is 11. The van der Waals surface area contributed by atoms with Crippen LogP contribution in [0.3, 0.4) is 0 Å². The van der Waals surface area contributed by atoms with Crippen molar-refractivity contribution in [1.29, 1.82) is 0 Å². The molecule has 3 rings (SSSR count). The van der Waals surface area contributed by atoms with Crippen LogP contribution < -0.4 is 10.6 Å². The largest absolute Gasteiger partial charge is 0.342 e. The summed E-state index contributed by atoms with van der Waals surface area (Å²) in [5.74, 6) is 0.551. The van der Waals surface area contributed by atoms with Gasteiger partial charge in [0, 0.05) is 17.3 Å².